The molecule has 3 rings (SSSR count). The highest BCUT2D eigenvalue weighted by Gasteiger charge is 2.20. The van der Waals surface area contributed by atoms with Crippen LogP contribution in [0.15, 0.2) is 30.6 Å². The van der Waals surface area contributed by atoms with E-state index in [4.69, 9.17) is 56.2 Å². The number of rotatable bonds is 22. The minimum absolute atomic E-state index is 0.0186. The van der Waals surface area contributed by atoms with Gasteiger partial charge in [0.1, 0.15) is 29.8 Å². The minimum atomic E-state index is -4.10. The molecule has 1 unspecified atom stereocenters. The first-order valence-corrected chi connectivity index (χ1v) is 16.1. The molecule has 0 fully saturated rings. The van der Waals surface area contributed by atoms with Crippen molar-refractivity contribution in [3.05, 3.63) is 56.6 Å². The number of halogens is 3. The van der Waals surface area contributed by atoms with Crippen LogP contribution in [0.3, 0.4) is 0 Å². The fourth-order valence-corrected chi connectivity index (χ4v) is 4.18. The molecule has 2 aromatic carbocycles. The maximum Gasteiger partial charge on any atom is 0.311 e. The normalized spacial score (nSPS) is 12.4. The topological polar surface area (TPSA) is 191 Å². The molecular formula is C27H33Cl2FN4O11S. The lowest BCUT2D eigenvalue weighted by atomic mass is 10.2. The van der Waals surface area contributed by atoms with Gasteiger partial charge in [0.2, 0.25) is 0 Å². The van der Waals surface area contributed by atoms with Gasteiger partial charge in [-0.05, 0) is 19.1 Å². The summed E-state index contributed by atoms with van der Waals surface area (Å²) in [6.45, 7) is 3.69. The molecule has 254 valence electrons. The zero-order chi connectivity index (χ0) is 33.5. The van der Waals surface area contributed by atoms with Crippen LogP contribution in [0.5, 0.6) is 5.75 Å². The average Bonchev–Trinajstić information content (AvgIpc) is 3.00. The third kappa shape index (κ3) is 12.3. The van der Waals surface area contributed by atoms with Crippen molar-refractivity contribution in [2.75, 3.05) is 78.0 Å². The van der Waals surface area contributed by atoms with Crippen LogP contribution in [0.4, 0.5) is 21.6 Å². The number of anilines is 2. The molecule has 1 atom stereocenters. The molecule has 0 aliphatic carbocycles. The maximum absolute atomic E-state index is 14.4. The van der Waals surface area contributed by atoms with Crippen molar-refractivity contribution in [1.82, 2.24) is 9.97 Å². The monoisotopic (exact) mass is 710 g/mol. The smallest absolute Gasteiger partial charge is 0.311 e. The highest BCUT2D eigenvalue weighted by Crippen LogP contribution is 2.36. The first kappa shape index (κ1) is 37.5. The molecule has 0 aliphatic rings. The lowest BCUT2D eigenvalue weighted by Crippen LogP contribution is -2.23. The quantitative estimate of drug-likeness (QED) is 0.0488. The Labute approximate surface area is 274 Å². The fourth-order valence-electron chi connectivity index (χ4n) is 3.60. The van der Waals surface area contributed by atoms with E-state index in [1.165, 1.54) is 31.5 Å². The van der Waals surface area contributed by atoms with Crippen LogP contribution >= 0.6 is 23.2 Å². The summed E-state index contributed by atoms with van der Waals surface area (Å²) in [5, 5.41) is 13.9. The van der Waals surface area contributed by atoms with Gasteiger partial charge in [-0.3, -0.25) is 14.7 Å². The number of aromatic nitrogens is 2. The summed E-state index contributed by atoms with van der Waals surface area (Å²) in [5.74, 6) is -0.596. The van der Waals surface area contributed by atoms with E-state index in [9.17, 15) is 22.9 Å². The summed E-state index contributed by atoms with van der Waals surface area (Å²) in [7, 11) is -4.10. The van der Waals surface area contributed by atoms with Crippen molar-refractivity contribution >= 4 is 61.4 Å². The minimum Gasteiger partial charge on any atom is -0.484 e. The van der Waals surface area contributed by atoms with Crippen LogP contribution in [-0.2, 0) is 33.8 Å². The van der Waals surface area contributed by atoms with Crippen LogP contribution in [0.1, 0.15) is 6.92 Å². The first-order chi connectivity index (χ1) is 22.0. The zero-order valence-corrected chi connectivity index (χ0v) is 27.0. The SMILES string of the molecule is CC(COCCOCCOCCOCCOCCOc1cc2ncnc(Nc3cc(Cl)c(Cl)cc3F)c2cc1[N+](=O)[O-])S(=O)(=O)O. The Morgan fingerprint density at radius 3 is 2.00 bits per heavy atom. The molecule has 15 nitrogen and oxygen atoms in total. The van der Waals surface area contributed by atoms with Crippen LogP contribution in [0.2, 0.25) is 10.0 Å². The molecule has 0 radical (unpaired) electrons. The number of nitrogens with zero attached hydrogens (tertiary/aromatic N) is 3. The van der Waals surface area contributed by atoms with Crippen molar-refractivity contribution < 1.29 is 50.7 Å². The Kier molecular flexibility index (Phi) is 15.5. The Morgan fingerprint density at radius 1 is 0.891 bits per heavy atom. The molecule has 3 aromatic rings. The molecule has 0 saturated carbocycles. The number of ether oxygens (including phenoxy) is 6. The lowest BCUT2D eigenvalue weighted by molar-refractivity contribution is -0.385. The third-order valence-electron chi connectivity index (χ3n) is 6.01. The van der Waals surface area contributed by atoms with E-state index < -0.39 is 26.1 Å². The van der Waals surface area contributed by atoms with E-state index in [0.29, 0.717) is 38.6 Å². The predicted molar refractivity (Wildman–Crippen MR) is 166 cm³/mol. The number of nitro groups is 1. The second-order valence-electron chi connectivity index (χ2n) is 9.39. The predicted octanol–water partition coefficient (Wildman–Crippen LogP) is 4.47. The van der Waals surface area contributed by atoms with Gasteiger partial charge < -0.3 is 33.7 Å². The Morgan fingerprint density at radius 2 is 1.43 bits per heavy atom. The highest BCUT2D eigenvalue weighted by atomic mass is 35.5. The van der Waals surface area contributed by atoms with Gasteiger partial charge in [-0.15, -0.1) is 0 Å². The summed E-state index contributed by atoms with van der Waals surface area (Å²) in [4.78, 5) is 19.4. The van der Waals surface area contributed by atoms with Crippen molar-refractivity contribution in [2.45, 2.75) is 12.2 Å². The standard InChI is InChI=1S/C27H33Cl2FN4O11S/c1-18(46(37,38)39)16-44-9-8-42-5-4-40-2-3-41-6-7-43-10-11-45-26-15-23-19(12-25(26)34(35)36)27(32-17-31-23)33-24-14-21(29)20(28)13-22(24)30/h12-15,17-18H,2-11,16H2,1H3,(H,31,32,33)(H,37,38,39). The van der Waals surface area contributed by atoms with Gasteiger partial charge in [0.25, 0.3) is 10.1 Å². The van der Waals surface area contributed by atoms with E-state index in [1.54, 1.807) is 0 Å². The van der Waals surface area contributed by atoms with E-state index in [1.807, 2.05) is 0 Å². The number of hydrogen-bond acceptors (Lipinski definition) is 13. The highest BCUT2D eigenvalue weighted by molar-refractivity contribution is 7.86. The lowest BCUT2D eigenvalue weighted by Gasteiger charge is -2.12. The van der Waals surface area contributed by atoms with E-state index >= 15 is 0 Å². The summed E-state index contributed by atoms with van der Waals surface area (Å²) in [6, 6.07) is 4.94. The first-order valence-electron chi connectivity index (χ1n) is 13.8. The molecule has 0 bridgehead atoms. The van der Waals surface area contributed by atoms with Gasteiger partial charge in [0.15, 0.2) is 5.75 Å². The van der Waals surface area contributed by atoms with Crippen molar-refractivity contribution in [2.24, 2.45) is 0 Å². The third-order valence-corrected chi connectivity index (χ3v) is 7.89. The summed E-state index contributed by atoms with van der Waals surface area (Å²) < 4.78 is 77.2. The van der Waals surface area contributed by atoms with Crippen molar-refractivity contribution in [3.63, 3.8) is 0 Å². The zero-order valence-electron chi connectivity index (χ0n) is 24.7. The molecule has 1 aromatic heterocycles. The van der Waals surface area contributed by atoms with Crippen LogP contribution < -0.4 is 10.1 Å². The summed E-state index contributed by atoms with van der Waals surface area (Å²) >= 11 is 11.8. The number of fused-ring (bicyclic) bond motifs is 1. The average molecular weight is 712 g/mol. The van der Waals surface area contributed by atoms with Crippen molar-refractivity contribution in [1.29, 1.82) is 0 Å². The molecule has 0 amide bonds. The van der Waals surface area contributed by atoms with Gasteiger partial charge in [-0.2, -0.15) is 8.42 Å². The fraction of sp³-hybridized carbons (Fsp3) is 0.481. The Balaban J connectivity index is 1.31. The molecule has 19 heteroatoms. The molecule has 0 aliphatic heterocycles. The molecule has 0 spiro atoms. The molecular weight excluding hydrogens is 678 g/mol. The van der Waals surface area contributed by atoms with E-state index in [-0.39, 0.29) is 78.0 Å². The van der Waals surface area contributed by atoms with E-state index in [2.05, 4.69) is 15.3 Å². The van der Waals surface area contributed by atoms with Gasteiger partial charge in [0, 0.05) is 12.1 Å². The van der Waals surface area contributed by atoms with Crippen LogP contribution in [0.25, 0.3) is 10.9 Å². The summed E-state index contributed by atoms with van der Waals surface area (Å²) in [6.07, 6.45) is 1.22. The molecule has 1 heterocycles. The Hall–Kier alpha value is -3.00. The molecule has 46 heavy (non-hydrogen) atoms. The number of benzene rings is 2. The van der Waals surface area contributed by atoms with Crippen LogP contribution in [-0.4, -0.2) is 106 Å². The van der Waals surface area contributed by atoms with Crippen molar-refractivity contribution in [3.8, 4) is 5.75 Å². The second-order valence-corrected chi connectivity index (χ2v) is 12.0. The number of nitrogens with one attached hydrogen (secondary N) is 1. The number of hydrogen-bond donors (Lipinski definition) is 2. The second kappa shape index (κ2) is 19.0. The van der Waals surface area contributed by atoms with Gasteiger partial charge in [-0.1, -0.05) is 23.2 Å². The van der Waals surface area contributed by atoms with E-state index in [0.717, 1.165) is 6.07 Å². The van der Waals surface area contributed by atoms with Gasteiger partial charge in [0.05, 0.1) is 97.6 Å². The largest absolute Gasteiger partial charge is 0.484 e. The van der Waals surface area contributed by atoms with Crippen LogP contribution in [0, 0.1) is 15.9 Å². The number of nitro benzene ring substituents is 1. The molecule has 0 saturated heterocycles. The molecule has 2 N–H and O–H groups in total. The Bertz CT molecular complexity index is 1560. The maximum atomic E-state index is 14.4. The van der Waals surface area contributed by atoms with Gasteiger partial charge in [-0.25, -0.2) is 14.4 Å². The van der Waals surface area contributed by atoms with Gasteiger partial charge >= 0.3 is 5.69 Å². The summed E-state index contributed by atoms with van der Waals surface area (Å²) in [5.41, 5.74) is -0.0456.